The van der Waals surface area contributed by atoms with Crippen molar-refractivity contribution in [2.75, 3.05) is 0 Å². The third kappa shape index (κ3) is 2.17. The summed E-state index contributed by atoms with van der Waals surface area (Å²) >= 11 is 0. The van der Waals surface area contributed by atoms with E-state index in [4.69, 9.17) is 0 Å². The standard InChI is InChI=1S/C18H26O4/c19-17(20)13-5-9-1-2-10-6-14(18(21)22)8-12-4-3-11(7-13)15(9)16(10)12/h9-16H,1-8H2,(H,19,20)(H,21,22). The maximum atomic E-state index is 11.4. The van der Waals surface area contributed by atoms with E-state index in [9.17, 15) is 19.8 Å². The van der Waals surface area contributed by atoms with Crippen molar-refractivity contribution in [1.82, 2.24) is 0 Å². The van der Waals surface area contributed by atoms with Crippen LogP contribution in [0.5, 0.6) is 0 Å². The van der Waals surface area contributed by atoms with Crippen LogP contribution in [-0.4, -0.2) is 22.2 Å². The van der Waals surface area contributed by atoms with Gasteiger partial charge < -0.3 is 10.2 Å². The molecule has 4 saturated carbocycles. The Morgan fingerprint density at radius 3 is 1.09 bits per heavy atom. The molecule has 0 aromatic carbocycles. The number of carboxylic acids is 2. The second-order valence-electron chi connectivity index (χ2n) is 8.36. The van der Waals surface area contributed by atoms with E-state index in [1.165, 1.54) is 0 Å². The van der Waals surface area contributed by atoms with Crippen molar-refractivity contribution in [3.8, 4) is 0 Å². The van der Waals surface area contributed by atoms with Crippen LogP contribution in [0.3, 0.4) is 0 Å². The van der Waals surface area contributed by atoms with E-state index in [0.29, 0.717) is 35.5 Å². The van der Waals surface area contributed by atoms with Gasteiger partial charge in [-0.1, -0.05) is 0 Å². The summed E-state index contributed by atoms with van der Waals surface area (Å²) in [4.78, 5) is 22.9. The van der Waals surface area contributed by atoms with Crippen LogP contribution in [0, 0.1) is 47.3 Å². The molecule has 4 aliphatic rings. The van der Waals surface area contributed by atoms with Gasteiger partial charge in [-0.15, -0.1) is 0 Å². The Balaban J connectivity index is 1.58. The predicted octanol–water partition coefficient (Wildman–Crippen LogP) is 3.26. The molecule has 0 bridgehead atoms. The molecule has 0 radical (unpaired) electrons. The Bertz CT molecular complexity index is 415. The lowest BCUT2D eigenvalue weighted by Crippen LogP contribution is -2.53. The minimum atomic E-state index is -0.600. The molecule has 0 amide bonds. The summed E-state index contributed by atoms with van der Waals surface area (Å²) in [5.41, 5.74) is 0. The van der Waals surface area contributed by atoms with Crippen LogP contribution >= 0.6 is 0 Å². The third-order valence-corrected chi connectivity index (χ3v) is 7.49. The summed E-state index contributed by atoms with van der Waals surface area (Å²) in [7, 11) is 0. The average molecular weight is 306 g/mol. The first-order valence-electron chi connectivity index (χ1n) is 9.00. The van der Waals surface area contributed by atoms with Crippen LogP contribution in [0.25, 0.3) is 0 Å². The molecule has 0 aromatic heterocycles. The minimum absolute atomic E-state index is 0.130. The highest BCUT2D eigenvalue weighted by molar-refractivity contribution is 5.70. The van der Waals surface area contributed by atoms with Crippen molar-refractivity contribution in [2.24, 2.45) is 47.3 Å². The lowest BCUT2D eigenvalue weighted by Gasteiger charge is -2.58. The lowest BCUT2D eigenvalue weighted by molar-refractivity contribution is -0.157. The summed E-state index contributed by atoms with van der Waals surface area (Å²) in [6.45, 7) is 0. The van der Waals surface area contributed by atoms with Crippen molar-refractivity contribution in [3.05, 3.63) is 0 Å². The fourth-order valence-electron chi connectivity index (χ4n) is 6.81. The molecule has 0 heterocycles. The number of carboxylic acid groups (broad SMARTS) is 2. The molecule has 4 heteroatoms. The summed E-state index contributed by atoms with van der Waals surface area (Å²) < 4.78 is 0. The molecule has 22 heavy (non-hydrogen) atoms. The molecule has 4 nitrogen and oxygen atoms in total. The Labute approximate surface area is 131 Å². The maximum absolute atomic E-state index is 11.4. The second kappa shape index (κ2) is 5.24. The van der Waals surface area contributed by atoms with Crippen molar-refractivity contribution in [1.29, 1.82) is 0 Å². The normalized spacial score (nSPS) is 50.0. The SMILES string of the molecule is O=C(O)C1CC2CCC3CC(C(=O)O)CC4CCC(C1)C2C34. The molecule has 4 atom stereocenters. The first kappa shape index (κ1) is 14.5. The van der Waals surface area contributed by atoms with Crippen LogP contribution in [-0.2, 0) is 9.59 Å². The van der Waals surface area contributed by atoms with Crippen LogP contribution in [0.15, 0.2) is 0 Å². The third-order valence-electron chi connectivity index (χ3n) is 7.49. The molecule has 0 saturated heterocycles. The van der Waals surface area contributed by atoms with Crippen molar-refractivity contribution < 1.29 is 19.8 Å². The monoisotopic (exact) mass is 306 g/mol. The van der Waals surface area contributed by atoms with Gasteiger partial charge in [0.05, 0.1) is 11.8 Å². The van der Waals surface area contributed by atoms with E-state index in [0.717, 1.165) is 51.4 Å². The van der Waals surface area contributed by atoms with Gasteiger partial charge in [-0.3, -0.25) is 9.59 Å². The number of rotatable bonds is 2. The van der Waals surface area contributed by atoms with Gasteiger partial charge in [-0.05, 0) is 86.9 Å². The van der Waals surface area contributed by atoms with Crippen LogP contribution in [0.4, 0.5) is 0 Å². The van der Waals surface area contributed by atoms with Crippen LogP contribution in [0.1, 0.15) is 51.4 Å². The van der Waals surface area contributed by atoms with E-state index >= 15 is 0 Å². The fourth-order valence-corrected chi connectivity index (χ4v) is 6.81. The molecule has 0 spiro atoms. The molecular weight excluding hydrogens is 280 g/mol. The predicted molar refractivity (Wildman–Crippen MR) is 80.1 cm³/mol. The highest BCUT2D eigenvalue weighted by Crippen LogP contribution is 2.61. The molecule has 2 N–H and O–H groups in total. The lowest BCUT2D eigenvalue weighted by atomic mass is 9.46. The zero-order valence-corrected chi connectivity index (χ0v) is 13.0. The van der Waals surface area contributed by atoms with E-state index in [2.05, 4.69) is 0 Å². The smallest absolute Gasteiger partial charge is 0.306 e. The molecule has 4 rings (SSSR count). The summed E-state index contributed by atoms with van der Waals surface area (Å²) in [6.07, 6.45) is 8.00. The van der Waals surface area contributed by atoms with Crippen LogP contribution < -0.4 is 0 Å². The van der Waals surface area contributed by atoms with Gasteiger partial charge >= 0.3 is 11.9 Å². The van der Waals surface area contributed by atoms with Crippen molar-refractivity contribution in [2.45, 2.75) is 51.4 Å². The Morgan fingerprint density at radius 2 is 0.864 bits per heavy atom. The molecule has 4 aliphatic carbocycles. The summed E-state index contributed by atoms with van der Waals surface area (Å²) in [5.74, 6) is 2.29. The minimum Gasteiger partial charge on any atom is -0.481 e. The Morgan fingerprint density at radius 1 is 0.591 bits per heavy atom. The molecule has 4 fully saturated rings. The zero-order valence-electron chi connectivity index (χ0n) is 13.0. The molecule has 0 aromatic rings. The van der Waals surface area contributed by atoms with Gasteiger partial charge in [0.15, 0.2) is 0 Å². The highest BCUT2D eigenvalue weighted by atomic mass is 16.4. The van der Waals surface area contributed by atoms with E-state index in [1.54, 1.807) is 0 Å². The highest BCUT2D eigenvalue weighted by Gasteiger charge is 2.55. The largest absolute Gasteiger partial charge is 0.481 e. The van der Waals surface area contributed by atoms with E-state index < -0.39 is 11.9 Å². The number of hydrogen-bond acceptors (Lipinski definition) is 2. The van der Waals surface area contributed by atoms with Gasteiger partial charge in [0, 0.05) is 0 Å². The quantitative estimate of drug-likeness (QED) is 0.821. The topological polar surface area (TPSA) is 74.6 Å². The van der Waals surface area contributed by atoms with Crippen molar-refractivity contribution in [3.63, 3.8) is 0 Å². The average Bonchev–Trinajstić information content (AvgIpc) is 2.51. The maximum Gasteiger partial charge on any atom is 0.306 e. The van der Waals surface area contributed by atoms with Gasteiger partial charge in [-0.2, -0.15) is 0 Å². The zero-order chi connectivity index (χ0) is 15.4. The van der Waals surface area contributed by atoms with E-state index in [1.807, 2.05) is 0 Å². The first-order valence-corrected chi connectivity index (χ1v) is 9.00. The molecule has 4 unspecified atom stereocenters. The van der Waals surface area contributed by atoms with Crippen molar-refractivity contribution >= 4 is 11.9 Å². The van der Waals surface area contributed by atoms with Gasteiger partial charge in [0.1, 0.15) is 0 Å². The van der Waals surface area contributed by atoms with Gasteiger partial charge in [-0.25, -0.2) is 0 Å². The summed E-state index contributed by atoms with van der Waals surface area (Å²) in [6, 6.07) is 0. The molecular formula is C18H26O4. The fraction of sp³-hybridized carbons (Fsp3) is 0.889. The summed E-state index contributed by atoms with van der Waals surface area (Å²) in [5, 5.41) is 18.8. The first-order chi connectivity index (χ1) is 10.5. The van der Waals surface area contributed by atoms with Crippen LogP contribution in [0.2, 0.25) is 0 Å². The number of aliphatic carboxylic acids is 2. The molecule has 0 aliphatic heterocycles. The van der Waals surface area contributed by atoms with Gasteiger partial charge in [0.2, 0.25) is 0 Å². The number of hydrogen-bond donors (Lipinski definition) is 2. The molecule has 122 valence electrons. The Kier molecular flexibility index (Phi) is 3.46. The number of carbonyl (C=O) groups is 2. The van der Waals surface area contributed by atoms with Gasteiger partial charge in [0.25, 0.3) is 0 Å². The second-order valence-corrected chi connectivity index (χ2v) is 8.36. The van der Waals surface area contributed by atoms with E-state index in [-0.39, 0.29) is 11.8 Å². The Hall–Kier alpha value is -1.06.